The summed E-state index contributed by atoms with van der Waals surface area (Å²) in [5.41, 5.74) is 6.74. The summed E-state index contributed by atoms with van der Waals surface area (Å²) in [5, 5.41) is 12.5. The van der Waals surface area contributed by atoms with Crippen molar-refractivity contribution in [1.82, 2.24) is 39.9 Å². The molecule has 6 rings (SSSR count). The van der Waals surface area contributed by atoms with Crippen molar-refractivity contribution in [1.29, 1.82) is 0 Å². The third-order valence-electron chi connectivity index (χ3n) is 6.84. The molecule has 0 radical (unpaired) electrons. The highest BCUT2D eigenvalue weighted by Crippen LogP contribution is 2.34. The zero-order chi connectivity index (χ0) is 26.2. The van der Waals surface area contributed by atoms with E-state index in [1.165, 1.54) is 5.69 Å². The van der Waals surface area contributed by atoms with Crippen LogP contribution in [0.25, 0.3) is 44.6 Å². The third-order valence-corrected chi connectivity index (χ3v) is 6.84. The molecular formula is C27H30N10O. The highest BCUT2D eigenvalue weighted by molar-refractivity contribution is 5.99. The van der Waals surface area contributed by atoms with Crippen LogP contribution >= 0.6 is 0 Å². The Morgan fingerprint density at radius 2 is 1.82 bits per heavy atom. The lowest BCUT2D eigenvalue weighted by atomic mass is 10.1. The van der Waals surface area contributed by atoms with E-state index in [-0.39, 0.29) is 5.91 Å². The molecule has 1 fully saturated rings. The maximum Gasteiger partial charge on any atom is 0.238 e. The number of likely N-dealkylation sites (N-methyl/N-ethyl adjacent to an activating group) is 2. The monoisotopic (exact) mass is 510 g/mol. The van der Waals surface area contributed by atoms with Crippen molar-refractivity contribution in [3.05, 3.63) is 49.1 Å². The molecule has 194 valence electrons. The predicted octanol–water partition coefficient (Wildman–Crippen LogP) is 2.82. The van der Waals surface area contributed by atoms with Crippen molar-refractivity contribution >= 4 is 39.3 Å². The number of amides is 1. The molecule has 0 bridgehead atoms. The Morgan fingerprint density at radius 1 is 1.00 bits per heavy atom. The van der Waals surface area contributed by atoms with Crippen LogP contribution in [-0.4, -0.2) is 99.7 Å². The van der Waals surface area contributed by atoms with Crippen LogP contribution in [0.5, 0.6) is 0 Å². The lowest BCUT2D eigenvalue weighted by Crippen LogP contribution is -2.44. The van der Waals surface area contributed by atoms with Gasteiger partial charge in [0.05, 0.1) is 24.1 Å². The van der Waals surface area contributed by atoms with E-state index in [4.69, 9.17) is 0 Å². The number of anilines is 2. The first-order chi connectivity index (χ1) is 18.4. The van der Waals surface area contributed by atoms with Crippen LogP contribution in [0.3, 0.4) is 0 Å². The van der Waals surface area contributed by atoms with E-state index in [0.717, 1.165) is 65.1 Å². The van der Waals surface area contributed by atoms with Crippen LogP contribution in [0, 0.1) is 0 Å². The van der Waals surface area contributed by atoms with Gasteiger partial charge in [0.2, 0.25) is 5.91 Å². The predicted molar refractivity (Wildman–Crippen MR) is 149 cm³/mol. The number of hydrogen-bond donors (Lipinski definition) is 3. The quantitative estimate of drug-likeness (QED) is 0.319. The molecule has 0 spiro atoms. The molecule has 5 aromatic rings. The van der Waals surface area contributed by atoms with Gasteiger partial charge in [-0.1, -0.05) is 0 Å². The van der Waals surface area contributed by atoms with Crippen molar-refractivity contribution in [3.8, 4) is 22.5 Å². The van der Waals surface area contributed by atoms with E-state index >= 15 is 0 Å². The third kappa shape index (κ3) is 4.69. The molecule has 38 heavy (non-hydrogen) atoms. The molecule has 0 aliphatic carbocycles. The summed E-state index contributed by atoms with van der Waals surface area (Å²) in [5.74, 6) is -0.0944. The van der Waals surface area contributed by atoms with Gasteiger partial charge in [-0.25, -0.2) is 9.97 Å². The average molecular weight is 511 g/mol. The van der Waals surface area contributed by atoms with Gasteiger partial charge in [-0.3, -0.25) is 14.9 Å². The minimum atomic E-state index is -0.0944. The summed E-state index contributed by atoms with van der Waals surface area (Å²) in [4.78, 5) is 35.8. The maximum atomic E-state index is 12.2. The standard InChI is InChI=1S/C27H30N10O/c1-35(2)16-24(38)31-19-10-17(13-28-15-19)18-11-21-25(33-34-27(21)30-14-18)22-12-20-23(4-5-29-26(20)32-22)37-8-6-36(3)7-9-37/h4-5,10-15H,6-9,16H2,1-3H3,(H,29,32)(H,31,38)(H,30,33,34). The fourth-order valence-corrected chi connectivity index (χ4v) is 4.88. The summed E-state index contributed by atoms with van der Waals surface area (Å²) >= 11 is 0. The van der Waals surface area contributed by atoms with E-state index in [0.29, 0.717) is 17.9 Å². The van der Waals surface area contributed by atoms with Gasteiger partial charge in [0.15, 0.2) is 5.65 Å². The summed E-state index contributed by atoms with van der Waals surface area (Å²) in [6.45, 7) is 4.34. The highest BCUT2D eigenvalue weighted by Gasteiger charge is 2.20. The van der Waals surface area contributed by atoms with Crippen molar-refractivity contribution in [2.75, 3.05) is 64.1 Å². The molecule has 5 aromatic heterocycles. The Labute approximate surface area is 219 Å². The molecule has 1 aliphatic heterocycles. The topological polar surface area (TPSA) is 122 Å². The Hall–Kier alpha value is -4.35. The molecule has 0 saturated carbocycles. The van der Waals surface area contributed by atoms with Gasteiger partial charge in [0, 0.05) is 72.4 Å². The van der Waals surface area contributed by atoms with Crippen molar-refractivity contribution in [3.63, 3.8) is 0 Å². The number of nitrogens with one attached hydrogen (secondary N) is 3. The second-order valence-electron chi connectivity index (χ2n) is 10.0. The molecule has 1 aliphatic rings. The number of hydrogen-bond acceptors (Lipinski definition) is 8. The first kappa shape index (κ1) is 24.0. The van der Waals surface area contributed by atoms with Crippen LogP contribution in [0.4, 0.5) is 11.4 Å². The summed E-state index contributed by atoms with van der Waals surface area (Å²) < 4.78 is 0. The van der Waals surface area contributed by atoms with Crippen LogP contribution in [0.2, 0.25) is 0 Å². The van der Waals surface area contributed by atoms with Gasteiger partial charge in [0.1, 0.15) is 11.3 Å². The van der Waals surface area contributed by atoms with E-state index < -0.39 is 0 Å². The van der Waals surface area contributed by atoms with Crippen LogP contribution < -0.4 is 10.2 Å². The Bertz CT molecular complexity index is 1610. The van der Waals surface area contributed by atoms with E-state index in [2.05, 4.69) is 64.4 Å². The first-order valence-corrected chi connectivity index (χ1v) is 12.6. The van der Waals surface area contributed by atoms with E-state index in [9.17, 15) is 4.79 Å². The molecule has 0 aromatic carbocycles. The number of piperazine rings is 1. The van der Waals surface area contributed by atoms with Gasteiger partial charge < -0.3 is 25.0 Å². The number of carbonyl (C=O) groups is 1. The highest BCUT2D eigenvalue weighted by atomic mass is 16.2. The van der Waals surface area contributed by atoms with Crippen LogP contribution in [0.15, 0.2) is 49.1 Å². The van der Waals surface area contributed by atoms with Crippen molar-refractivity contribution < 1.29 is 4.79 Å². The second-order valence-corrected chi connectivity index (χ2v) is 10.0. The number of H-pyrrole nitrogens is 2. The number of fused-ring (bicyclic) bond motifs is 2. The number of aromatic nitrogens is 6. The lowest BCUT2D eigenvalue weighted by molar-refractivity contribution is -0.116. The molecular weight excluding hydrogens is 480 g/mol. The van der Waals surface area contributed by atoms with Gasteiger partial charge in [-0.2, -0.15) is 5.10 Å². The number of carbonyl (C=O) groups excluding carboxylic acids is 1. The number of rotatable bonds is 6. The lowest BCUT2D eigenvalue weighted by Gasteiger charge is -2.34. The Morgan fingerprint density at radius 3 is 2.63 bits per heavy atom. The molecule has 3 N–H and O–H groups in total. The summed E-state index contributed by atoms with van der Waals surface area (Å²) in [6, 6.07) is 8.16. The Kier molecular flexibility index (Phi) is 6.22. The number of nitrogens with zero attached hydrogens (tertiary/aromatic N) is 7. The smallest absolute Gasteiger partial charge is 0.238 e. The van der Waals surface area contributed by atoms with Gasteiger partial charge in [0.25, 0.3) is 0 Å². The van der Waals surface area contributed by atoms with Gasteiger partial charge in [-0.15, -0.1) is 0 Å². The largest absolute Gasteiger partial charge is 0.368 e. The molecule has 1 amide bonds. The molecule has 6 heterocycles. The molecule has 1 saturated heterocycles. The van der Waals surface area contributed by atoms with Crippen molar-refractivity contribution in [2.45, 2.75) is 0 Å². The molecule has 11 heteroatoms. The average Bonchev–Trinajstić information content (AvgIpc) is 3.52. The first-order valence-electron chi connectivity index (χ1n) is 12.6. The number of aromatic amines is 2. The minimum Gasteiger partial charge on any atom is -0.368 e. The molecule has 0 atom stereocenters. The zero-order valence-corrected chi connectivity index (χ0v) is 21.7. The molecule has 0 unspecified atom stereocenters. The summed E-state index contributed by atoms with van der Waals surface area (Å²) in [6.07, 6.45) is 7.04. The summed E-state index contributed by atoms with van der Waals surface area (Å²) in [7, 11) is 5.87. The van der Waals surface area contributed by atoms with Gasteiger partial charge >= 0.3 is 0 Å². The molecule has 11 nitrogen and oxygen atoms in total. The zero-order valence-electron chi connectivity index (χ0n) is 21.7. The fraction of sp³-hybridized carbons (Fsp3) is 0.296. The SMILES string of the molecule is CN(C)CC(=O)Nc1cncc(-c2cnc3[nH]nc(-c4cc5c(N6CCN(C)CC6)ccnc5[nH]4)c3c2)c1. The number of pyridine rings is 3. The minimum absolute atomic E-state index is 0.0944. The second kappa shape index (κ2) is 9.84. The normalized spacial score (nSPS) is 14.6. The maximum absolute atomic E-state index is 12.2. The van der Waals surface area contributed by atoms with Crippen LogP contribution in [0.1, 0.15) is 0 Å². The van der Waals surface area contributed by atoms with Gasteiger partial charge in [-0.05, 0) is 45.4 Å². The van der Waals surface area contributed by atoms with Crippen molar-refractivity contribution in [2.24, 2.45) is 0 Å². The fourth-order valence-electron chi connectivity index (χ4n) is 4.88. The van der Waals surface area contributed by atoms with E-state index in [1.54, 1.807) is 18.6 Å². The van der Waals surface area contributed by atoms with Crippen LogP contribution in [-0.2, 0) is 4.79 Å². The Balaban J connectivity index is 1.34. The van der Waals surface area contributed by atoms with E-state index in [1.807, 2.05) is 37.3 Å².